The van der Waals surface area contributed by atoms with E-state index in [0.717, 1.165) is 13.0 Å². The number of nitrogens with one attached hydrogen (secondary N) is 2. The molecule has 0 aliphatic heterocycles. The van der Waals surface area contributed by atoms with E-state index in [4.69, 9.17) is 0 Å². The fraction of sp³-hybridized carbons (Fsp3) is 0.800. The first kappa shape index (κ1) is 13.9. The molecule has 0 aliphatic rings. The molecule has 0 unspecified atom stereocenters. The largest absolute Gasteiger partial charge is 0.469 e. The van der Waals surface area contributed by atoms with E-state index < -0.39 is 0 Å². The van der Waals surface area contributed by atoms with Crippen LogP contribution < -0.4 is 10.6 Å². The van der Waals surface area contributed by atoms with Crippen LogP contribution in [0, 0.1) is 0 Å². The zero-order valence-corrected chi connectivity index (χ0v) is 9.47. The molecule has 0 heterocycles. The lowest BCUT2D eigenvalue weighted by atomic mass is 10.3. The van der Waals surface area contributed by atoms with Gasteiger partial charge in [-0.15, -0.1) is 0 Å². The normalized spacial score (nSPS) is 9.73. The molecule has 0 aromatic heterocycles. The fourth-order valence-electron chi connectivity index (χ4n) is 0.972. The van der Waals surface area contributed by atoms with Crippen molar-refractivity contribution in [1.82, 2.24) is 10.6 Å². The minimum Gasteiger partial charge on any atom is -0.469 e. The Hall–Kier alpha value is -1.10. The predicted octanol–water partition coefficient (Wildman–Crippen LogP) is 0.0554. The van der Waals surface area contributed by atoms with Crippen molar-refractivity contribution in [2.24, 2.45) is 0 Å². The monoisotopic (exact) mass is 216 g/mol. The highest BCUT2D eigenvalue weighted by molar-refractivity contribution is 5.76. The lowest BCUT2D eigenvalue weighted by Gasteiger charge is -2.04. The number of esters is 1. The van der Waals surface area contributed by atoms with Gasteiger partial charge in [0.1, 0.15) is 0 Å². The maximum absolute atomic E-state index is 11.1. The second kappa shape index (κ2) is 9.45. The van der Waals surface area contributed by atoms with Gasteiger partial charge in [-0.2, -0.15) is 0 Å². The highest BCUT2D eigenvalue weighted by atomic mass is 16.5. The topological polar surface area (TPSA) is 67.4 Å². The summed E-state index contributed by atoms with van der Waals surface area (Å²) in [6.45, 7) is 3.87. The number of ether oxygens (including phenoxy) is 1. The number of hydrogen-bond donors (Lipinski definition) is 2. The summed E-state index contributed by atoms with van der Waals surface area (Å²) in [6.07, 6.45) is 1.73. The summed E-state index contributed by atoms with van der Waals surface area (Å²) in [4.78, 5) is 21.8. The minimum absolute atomic E-state index is 0.0439. The van der Waals surface area contributed by atoms with E-state index in [9.17, 15) is 9.59 Å². The third kappa shape index (κ3) is 9.21. The van der Waals surface area contributed by atoms with Gasteiger partial charge in [0.15, 0.2) is 0 Å². The van der Waals surface area contributed by atoms with Gasteiger partial charge in [-0.25, -0.2) is 0 Å². The van der Waals surface area contributed by atoms with Crippen molar-refractivity contribution in [2.45, 2.75) is 26.2 Å². The number of carbonyl (C=O) groups is 2. The highest BCUT2D eigenvalue weighted by Gasteiger charge is 2.01. The molecule has 0 spiro atoms. The van der Waals surface area contributed by atoms with Crippen molar-refractivity contribution in [3.63, 3.8) is 0 Å². The molecule has 0 saturated carbocycles. The summed E-state index contributed by atoms with van der Waals surface area (Å²) in [5.41, 5.74) is 0. The van der Waals surface area contributed by atoms with E-state index in [1.165, 1.54) is 7.11 Å². The van der Waals surface area contributed by atoms with Gasteiger partial charge >= 0.3 is 5.97 Å². The summed E-state index contributed by atoms with van der Waals surface area (Å²) in [5.74, 6) is -0.194. The molecular weight excluding hydrogens is 196 g/mol. The van der Waals surface area contributed by atoms with E-state index in [0.29, 0.717) is 25.9 Å². The average molecular weight is 216 g/mol. The molecule has 0 radical (unpaired) electrons. The van der Waals surface area contributed by atoms with Crippen molar-refractivity contribution in [2.75, 3.05) is 26.7 Å². The Labute approximate surface area is 90.6 Å². The molecule has 0 aliphatic carbocycles. The molecule has 0 aromatic carbocycles. The molecule has 2 N–H and O–H groups in total. The minimum atomic E-state index is -0.238. The predicted molar refractivity (Wildman–Crippen MR) is 57.4 cm³/mol. The molecule has 0 atom stereocenters. The van der Waals surface area contributed by atoms with Gasteiger partial charge in [0.25, 0.3) is 0 Å². The van der Waals surface area contributed by atoms with E-state index in [2.05, 4.69) is 15.4 Å². The van der Waals surface area contributed by atoms with Crippen LogP contribution in [0.15, 0.2) is 0 Å². The Balaban J connectivity index is 3.23. The van der Waals surface area contributed by atoms with E-state index in [-0.39, 0.29) is 11.9 Å². The molecule has 0 aromatic rings. The van der Waals surface area contributed by atoms with Gasteiger partial charge in [0, 0.05) is 26.1 Å². The SMILES string of the molecule is CCCNC(=O)CCNCCC(=O)OC. The van der Waals surface area contributed by atoms with E-state index in [1.54, 1.807) is 0 Å². The molecule has 0 rings (SSSR count). The first-order valence-corrected chi connectivity index (χ1v) is 5.25. The Kier molecular flexibility index (Phi) is 8.76. The first-order valence-electron chi connectivity index (χ1n) is 5.25. The molecule has 5 heteroatoms. The van der Waals surface area contributed by atoms with Crippen LogP contribution >= 0.6 is 0 Å². The maximum Gasteiger partial charge on any atom is 0.306 e. The smallest absolute Gasteiger partial charge is 0.306 e. The fourth-order valence-corrected chi connectivity index (χ4v) is 0.972. The standard InChI is InChI=1S/C10H20N2O3/c1-3-6-12-9(13)4-7-11-8-5-10(14)15-2/h11H,3-8H2,1-2H3,(H,12,13). The number of hydrogen-bond acceptors (Lipinski definition) is 4. The lowest BCUT2D eigenvalue weighted by molar-refractivity contribution is -0.140. The molecule has 0 bridgehead atoms. The first-order chi connectivity index (χ1) is 7.20. The van der Waals surface area contributed by atoms with Crippen molar-refractivity contribution in [3.05, 3.63) is 0 Å². The Bertz CT molecular complexity index is 195. The zero-order valence-electron chi connectivity index (χ0n) is 9.47. The Morgan fingerprint density at radius 3 is 2.40 bits per heavy atom. The van der Waals surface area contributed by atoms with Crippen molar-refractivity contribution < 1.29 is 14.3 Å². The van der Waals surface area contributed by atoms with E-state index >= 15 is 0 Å². The second-order valence-corrected chi connectivity index (χ2v) is 3.18. The third-order valence-corrected chi connectivity index (χ3v) is 1.83. The molecule has 0 fully saturated rings. The molecule has 15 heavy (non-hydrogen) atoms. The number of methoxy groups -OCH3 is 1. The van der Waals surface area contributed by atoms with Crippen molar-refractivity contribution in [3.8, 4) is 0 Å². The Morgan fingerprint density at radius 2 is 1.80 bits per heavy atom. The van der Waals surface area contributed by atoms with Crippen LogP contribution in [-0.2, 0) is 14.3 Å². The summed E-state index contributed by atoms with van der Waals surface area (Å²) >= 11 is 0. The van der Waals surface area contributed by atoms with Crippen LogP contribution in [0.25, 0.3) is 0 Å². The summed E-state index contributed by atoms with van der Waals surface area (Å²) in [6, 6.07) is 0. The van der Waals surface area contributed by atoms with Gasteiger partial charge < -0.3 is 15.4 Å². The highest BCUT2D eigenvalue weighted by Crippen LogP contribution is 1.83. The van der Waals surface area contributed by atoms with Crippen LogP contribution in [0.4, 0.5) is 0 Å². The number of rotatable bonds is 8. The maximum atomic E-state index is 11.1. The number of amides is 1. The van der Waals surface area contributed by atoms with E-state index in [1.807, 2.05) is 6.92 Å². The van der Waals surface area contributed by atoms with Crippen molar-refractivity contribution >= 4 is 11.9 Å². The van der Waals surface area contributed by atoms with Crippen molar-refractivity contribution in [1.29, 1.82) is 0 Å². The zero-order chi connectivity index (χ0) is 11.5. The number of carbonyl (C=O) groups excluding carboxylic acids is 2. The molecule has 0 saturated heterocycles. The summed E-state index contributed by atoms with van der Waals surface area (Å²) < 4.78 is 4.47. The molecule has 88 valence electrons. The van der Waals surface area contributed by atoms with Gasteiger partial charge in [0.2, 0.25) is 5.91 Å². The lowest BCUT2D eigenvalue weighted by Crippen LogP contribution is -2.29. The summed E-state index contributed by atoms with van der Waals surface area (Å²) in [5, 5.41) is 5.77. The third-order valence-electron chi connectivity index (χ3n) is 1.83. The summed E-state index contributed by atoms with van der Waals surface area (Å²) in [7, 11) is 1.36. The van der Waals surface area contributed by atoms with Gasteiger partial charge in [-0.1, -0.05) is 6.92 Å². The molecule has 1 amide bonds. The van der Waals surface area contributed by atoms with Gasteiger partial charge in [-0.3, -0.25) is 9.59 Å². The van der Waals surface area contributed by atoms with Gasteiger partial charge in [-0.05, 0) is 6.42 Å². The average Bonchev–Trinajstić information content (AvgIpc) is 2.25. The van der Waals surface area contributed by atoms with Crippen LogP contribution in [0.2, 0.25) is 0 Å². The van der Waals surface area contributed by atoms with Crippen LogP contribution in [0.1, 0.15) is 26.2 Å². The molecular formula is C10H20N2O3. The molecule has 5 nitrogen and oxygen atoms in total. The van der Waals surface area contributed by atoms with Gasteiger partial charge in [0.05, 0.1) is 13.5 Å². The Morgan fingerprint density at radius 1 is 1.13 bits per heavy atom. The quantitative estimate of drug-likeness (QED) is 0.444. The van der Waals surface area contributed by atoms with Crippen LogP contribution in [0.5, 0.6) is 0 Å². The van der Waals surface area contributed by atoms with Crippen LogP contribution in [-0.4, -0.2) is 38.6 Å². The van der Waals surface area contributed by atoms with Crippen LogP contribution in [0.3, 0.4) is 0 Å². The second-order valence-electron chi connectivity index (χ2n) is 3.18.